The van der Waals surface area contributed by atoms with Crippen LogP contribution in [0.2, 0.25) is 0 Å². The van der Waals surface area contributed by atoms with Gasteiger partial charge >= 0.3 is 0 Å². The van der Waals surface area contributed by atoms with Gasteiger partial charge in [-0.15, -0.1) is 16.4 Å². The highest BCUT2D eigenvalue weighted by Crippen LogP contribution is 2.17. The van der Waals surface area contributed by atoms with Crippen LogP contribution in [0, 0.1) is 0 Å². The number of carbonyl (C=O) groups is 1. The average molecular weight is 334 g/mol. The topological polar surface area (TPSA) is 84.7 Å². The third-order valence-corrected chi connectivity index (χ3v) is 5.20. The maximum Gasteiger partial charge on any atom is 0.273 e. The highest BCUT2D eigenvalue weighted by molar-refractivity contribution is 7.11. The molecule has 124 valence electrons. The molecular weight excluding hydrogens is 312 g/mol. The number of hydrogen-bond acceptors (Lipinski definition) is 6. The van der Waals surface area contributed by atoms with Crippen LogP contribution in [0.4, 0.5) is 0 Å². The van der Waals surface area contributed by atoms with Crippen molar-refractivity contribution in [3.05, 3.63) is 28.0 Å². The Bertz CT molecular complexity index is 646. The van der Waals surface area contributed by atoms with Crippen molar-refractivity contribution in [2.45, 2.75) is 38.6 Å². The van der Waals surface area contributed by atoms with Crippen LogP contribution in [0.1, 0.15) is 46.2 Å². The molecular formula is C15H22N6OS. The van der Waals surface area contributed by atoms with Crippen LogP contribution in [-0.4, -0.2) is 45.5 Å². The minimum atomic E-state index is -0.169. The second kappa shape index (κ2) is 7.65. The quantitative estimate of drug-likeness (QED) is 0.829. The second-order valence-corrected chi connectivity index (χ2v) is 6.84. The van der Waals surface area contributed by atoms with Gasteiger partial charge in [-0.3, -0.25) is 4.79 Å². The molecule has 0 spiro atoms. The summed E-state index contributed by atoms with van der Waals surface area (Å²) in [5, 5.41) is 15.4. The normalized spacial score (nSPS) is 15.7. The molecule has 7 nitrogen and oxygen atoms in total. The van der Waals surface area contributed by atoms with Gasteiger partial charge < -0.3 is 10.6 Å². The van der Waals surface area contributed by atoms with Crippen LogP contribution in [0.5, 0.6) is 0 Å². The molecule has 1 aliphatic rings. The minimum absolute atomic E-state index is 0.169. The molecule has 0 saturated carbocycles. The number of rotatable bonds is 6. The van der Waals surface area contributed by atoms with E-state index in [4.69, 9.17) is 0 Å². The molecule has 3 heterocycles. The number of aromatic nitrogens is 4. The van der Waals surface area contributed by atoms with E-state index >= 15 is 0 Å². The predicted octanol–water partition coefficient (Wildman–Crippen LogP) is 1.19. The first-order valence-electron chi connectivity index (χ1n) is 8.10. The summed E-state index contributed by atoms with van der Waals surface area (Å²) < 4.78 is 1.82. The van der Waals surface area contributed by atoms with Crippen molar-refractivity contribution >= 4 is 17.2 Å². The van der Waals surface area contributed by atoms with Gasteiger partial charge in [0.25, 0.3) is 5.91 Å². The van der Waals surface area contributed by atoms with Gasteiger partial charge in [-0.25, -0.2) is 9.67 Å². The molecule has 1 fully saturated rings. The molecule has 3 rings (SSSR count). The molecule has 8 heteroatoms. The summed E-state index contributed by atoms with van der Waals surface area (Å²) in [6.45, 7) is 4.65. The Morgan fingerprint density at radius 1 is 1.48 bits per heavy atom. The SMILES string of the molecule is CCc1cnc(CCNC(=O)c2cn(C3CCNCC3)nn2)s1. The molecule has 0 atom stereocenters. The van der Waals surface area contributed by atoms with Gasteiger partial charge in [-0.2, -0.15) is 0 Å². The molecule has 2 N–H and O–H groups in total. The summed E-state index contributed by atoms with van der Waals surface area (Å²) in [5.74, 6) is -0.169. The van der Waals surface area contributed by atoms with Crippen LogP contribution >= 0.6 is 11.3 Å². The third-order valence-electron chi connectivity index (χ3n) is 4.00. The van der Waals surface area contributed by atoms with Crippen molar-refractivity contribution in [1.29, 1.82) is 0 Å². The third kappa shape index (κ3) is 4.14. The Balaban J connectivity index is 1.49. The van der Waals surface area contributed by atoms with E-state index in [0.717, 1.165) is 43.8 Å². The number of thiazole rings is 1. The van der Waals surface area contributed by atoms with E-state index in [9.17, 15) is 4.79 Å². The maximum absolute atomic E-state index is 12.1. The highest BCUT2D eigenvalue weighted by atomic mass is 32.1. The lowest BCUT2D eigenvalue weighted by molar-refractivity contribution is 0.0949. The van der Waals surface area contributed by atoms with E-state index in [-0.39, 0.29) is 5.91 Å². The smallest absolute Gasteiger partial charge is 0.273 e. The molecule has 23 heavy (non-hydrogen) atoms. The molecule has 0 radical (unpaired) electrons. The molecule has 1 amide bonds. The van der Waals surface area contributed by atoms with Gasteiger partial charge in [-0.05, 0) is 32.4 Å². The molecule has 2 aromatic heterocycles. The summed E-state index contributed by atoms with van der Waals surface area (Å²) in [6.07, 6.45) is 7.46. The van der Waals surface area contributed by atoms with Crippen LogP contribution < -0.4 is 10.6 Å². The molecule has 0 unspecified atom stereocenters. The lowest BCUT2D eigenvalue weighted by Gasteiger charge is -2.22. The molecule has 0 aliphatic carbocycles. The Morgan fingerprint density at radius 3 is 3.04 bits per heavy atom. The lowest BCUT2D eigenvalue weighted by Crippen LogP contribution is -2.29. The van der Waals surface area contributed by atoms with Crippen molar-refractivity contribution in [2.24, 2.45) is 0 Å². The van der Waals surface area contributed by atoms with Crippen molar-refractivity contribution in [2.75, 3.05) is 19.6 Å². The Labute approximate surface area is 139 Å². The predicted molar refractivity (Wildman–Crippen MR) is 88.7 cm³/mol. The standard InChI is InChI=1S/C15H22N6OS/c1-2-12-9-18-14(23-12)5-8-17-15(22)13-10-21(20-19-13)11-3-6-16-7-4-11/h9-11,16H,2-8H2,1H3,(H,17,22). The lowest BCUT2D eigenvalue weighted by atomic mass is 10.1. The first-order chi connectivity index (χ1) is 11.3. The largest absolute Gasteiger partial charge is 0.350 e. The zero-order chi connectivity index (χ0) is 16.1. The Kier molecular flexibility index (Phi) is 5.35. The Hall–Kier alpha value is -1.80. The number of piperidine rings is 1. The first-order valence-corrected chi connectivity index (χ1v) is 8.92. The van der Waals surface area contributed by atoms with Crippen LogP contribution in [0.15, 0.2) is 12.4 Å². The van der Waals surface area contributed by atoms with Gasteiger partial charge in [0.15, 0.2) is 5.69 Å². The van der Waals surface area contributed by atoms with Crippen LogP contribution in [-0.2, 0) is 12.8 Å². The first kappa shape index (κ1) is 16.1. The summed E-state index contributed by atoms with van der Waals surface area (Å²) in [4.78, 5) is 17.8. The van der Waals surface area contributed by atoms with E-state index in [0.29, 0.717) is 18.3 Å². The molecule has 1 saturated heterocycles. The fraction of sp³-hybridized carbons (Fsp3) is 0.600. The van der Waals surface area contributed by atoms with Crippen molar-refractivity contribution in [1.82, 2.24) is 30.6 Å². The summed E-state index contributed by atoms with van der Waals surface area (Å²) in [7, 11) is 0. The van der Waals surface area contributed by atoms with Gasteiger partial charge in [0, 0.05) is 24.0 Å². The Morgan fingerprint density at radius 2 is 2.30 bits per heavy atom. The molecule has 2 aromatic rings. The molecule has 0 aromatic carbocycles. The highest BCUT2D eigenvalue weighted by Gasteiger charge is 2.18. The van der Waals surface area contributed by atoms with Gasteiger partial charge in [0.05, 0.1) is 17.2 Å². The van der Waals surface area contributed by atoms with E-state index in [1.54, 1.807) is 17.5 Å². The number of carbonyl (C=O) groups excluding carboxylic acids is 1. The van der Waals surface area contributed by atoms with E-state index in [1.165, 1.54) is 4.88 Å². The van der Waals surface area contributed by atoms with Crippen LogP contribution in [0.3, 0.4) is 0 Å². The zero-order valence-corrected chi connectivity index (χ0v) is 14.1. The van der Waals surface area contributed by atoms with E-state index in [2.05, 4.69) is 32.9 Å². The summed E-state index contributed by atoms with van der Waals surface area (Å²) in [5.41, 5.74) is 0.386. The monoisotopic (exact) mass is 334 g/mol. The van der Waals surface area contributed by atoms with Gasteiger partial charge in [0.2, 0.25) is 0 Å². The van der Waals surface area contributed by atoms with E-state index in [1.807, 2.05) is 10.9 Å². The average Bonchev–Trinajstić information content (AvgIpc) is 3.25. The number of nitrogens with zero attached hydrogens (tertiary/aromatic N) is 4. The number of aryl methyl sites for hydroxylation is 1. The number of hydrogen-bond donors (Lipinski definition) is 2. The van der Waals surface area contributed by atoms with E-state index < -0.39 is 0 Å². The van der Waals surface area contributed by atoms with Crippen LogP contribution in [0.25, 0.3) is 0 Å². The summed E-state index contributed by atoms with van der Waals surface area (Å²) >= 11 is 1.70. The maximum atomic E-state index is 12.1. The zero-order valence-electron chi connectivity index (χ0n) is 13.3. The van der Waals surface area contributed by atoms with Crippen molar-refractivity contribution in [3.63, 3.8) is 0 Å². The van der Waals surface area contributed by atoms with Gasteiger partial charge in [-0.1, -0.05) is 12.1 Å². The fourth-order valence-electron chi connectivity index (χ4n) is 2.63. The van der Waals surface area contributed by atoms with Crippen molar-refractivity contribution in [3.8, 4) is 0 Å². The minimum Gasteiger partial charge on any atom is -0.350 e. The molecule has 0 bridgehead atoms. The second-order valence-electron chi connectivity index (χ2n) is 5.64. The van der Waals surface area contributed by atoms with Gasteiger partial charge in [0.1, 0.15) is 0 Å². The summed E-state index contributed by atoms with van der Waals surface area (Å²) in [6, 6.07) is 0.341. The number of amides is 1. The van der Waals surface area contributed by atoms with Crippen molar-refractivity contribution < 1.29 is 4.79 Å². The number of nitrogens with one attached hydrogen (secondary N) is 2. The molecule has 1 aliphatic heterocycles. The fourth-order valence-corrected chi connectivity index (χ4v) is 3.49.